The van der Waals surface area contributed by atoms with Crippen LogP contribution in [0.2, 0.25) is 5.02 Å². The quantitative estimate of drug-likeness (QED) is 0.675. The number of nitro benzene ring substituents is 1. The van der Waals surface area contributed by atoms with Crippen LogP contribution in [0.25, 0.3) is 0 Å². The summed E-state index contributed by atoms with van der Waals surface area (Å²) in [5.74, 6) is 0.734. The summed E-state index contributed by atoms with van der Waals surface area (Å²) in [5.41, 5.74) is 6.78. The van der Waals surface area contributed by atoms with Crippen LogP contribution in [0.3, 0.4) is 0 Å². The van der Waals surface area contributed by atoms with Gasteiger partial charge in [0.2, 0.25) is 5.91 Å². The van der Waals surface area contributed by atoms with Gasteiger partial charge < -0.3 is 10.6 Å². The third kappa shape index (κ3) is 2.93. The Balaban J connectivity index is 1.74. The summed E-state index contributed by atoms with van der Waals surface area (Å²) < 4.78 is 0. The van der Waals surface area contributed by atoms with Crippen LogP contribution in [0.15, 0.2) is 18.2 Å². The lowest BCUT2D eigenvalue weighted by Gasteiger charge is -2.31. The van der Waals surface area contributed by atoms with Crippen LogP contribution < -0.4 is 5.73 Å². The summed E-state index contributed by atoms with van der Waals surface area (Å²) in [6.07, 6.45) is 3.24. The number of nitrogens with two attached hydrogens (primary N) is 1. The number of nitrogens with zero attached hydrogens (tertiary/aromatic N) is 2. The first-order valence-electron chi connectivity index (χ1n) is 7.82. The number of benzene rings is 1. The molecule has 2 fully saturated rings. The first kappa shape index (κ1) is 16.2. The van der Waals surface area contributed by atoms with E-state index in [9.17, 15) is 14.9 Å². The van der Waals surface area contributed by atoms with Gasteiger partial charge in [0.25, 0.3) is 5.69 Å². The van der Waals surface area contributed by atoms with E-state index in [4.69, 9.17) is 17.3 Å². The van der Waals surface area contributed by atoms with E-state index in [1.165, 1.54) is 18.2 Å². The molecule has 6 nitrogen and oxygen atoms in total. The fraction of sp³-hybridized carbons (Fsp3) is 0.562. The molecule has 4 atom stereocenters. The molecule has 124 valence electrons. The average molecular weight is 338 g/mol. The zero-order valence-corrected chi connectivity index (χ0v) is 13.7. The third-order valence-electron chi connectivity index (χ3n) is 5.29. The Morgan fingerprint density at radius 3 is 2.74 bits per heavy atom. The van der Waals surface area contributed by atoms with Crippen LogP contribution in [0.4, 0.5) is 5.69 Å². The molecule has 2 aliphatic rings. The van der Waals surface area contributed by atoms with E-state index in [2.05, 4.69) is 0 Å². The van der Waals surface area contributed by atoms with Crippen molar-refractivity contribution in [3.05, 3.63) is 38.9 Å². The molecule has 7 heteroatoms. The summed E-state index contributed by atoms with van der Waals surface area (Å²) in [5, 5.41) is 11.3. The number of carbonyl (C=O) groups excluding carboxylic acids is 1. The van der Waals surface area contributed by atoms with Gasteiger partial charge in [-0.3, -0.25) is 14.9 Å². The van der Waals surface area contributed by atoms with Crippen LogP contribution in [0, 0.1) is 27.9 Å². The highest BCUT2D eigenvalue weighted by atomic mass is 35.5. The summed E-state index contributed by atoms with van der Waals surface area (Å²) in [4.78, 5) is 24.8. The summed E-state index contributed by atoms with van der Waals surface area (Å²) in [6.45, 7) is 0.250. The Hall–Kier alpha value is -1.66. The van der Waals surface area contributed by atoms with Crippen LogP contribution in [-0.4, -0.2) is 28.8 Å². The minimum atomic E-state index is -0.465. The number of carbonyl (C=O) groups is 1. The van der Waals surface area contributed by atoms with Crippen LogP contribution >= 0.6 is 11.6 Å². The molecule has 1 aromatic rings. The standard InChI is InChI=1S/C16H20ClN3O3/c1-19(8-11-7-12(20(22)23)4-5-13(11)17)16(21)14-9-2-3-10(6-9)15(14)18/h4-5,7,9-10,14-15H,2-3,6,8,18H2,1H3. The largest absolute Gasteiger partial charge is 0.341 e. The van der Waals surface area contributed by atoms with Crippen LogP contribution in [0.1, 0.15) is 24.8 Å². The average Bonchev–Trinajstić information content (AvgIpc) is 3.09. The maximum Gasteiger partial charge on any atom is 0.269 e. The second kappa shape index (κ2) is 6.09. The Labute approximate surface area is 139 Å². The zero-order chi connectivity index (χ0) is 16.7. The molecule has 0 radical (unpaired) electrons. The molecular formula is C16H20ClN3O3. The summed E-state index contributed by atoms with van der Waals surface area (Å²) in [7, 11) is 1.70. The van der Waals surface area contributed by atoms with Crippen LogP contribution in [0.5, 0.6) is 0 Å². The Morgan fingerprint density at radius 1 is 1.43 bits per heavy atom. The highest BCUT2D eigenvalue weighted by molar-refractivity contribution is 6.31. The van der Waals surface area contributed by atoms with Gasteiger partial charge in [0.05, 0.1) is 10.8 Å². The van der Waals surface area contributed by atoms with Crippen molar-refractivity contribution < 1.29 is 9.72 Å². The highest BCUT2D eigenvalue weighted by Crippen LogP contribution is 2.48. The molecule has 2 aliphatic carbocycles. The van der Waals surface area contributed by atoms with Gasteiger partial charge in [0.1, 0.15) is 0 Å². The van der Waals surface area contributed by atoms with Crippen molar-refractivity contribution in [2.75, 3.05) is 7.05 Å². The molecule has 0 spiro atoms. The van der Waals surface area contributed by atoms with Gasteiger partial charge in [-0.15, -0.1) is 0 Å². The number of fused-ring (bicyclic) bond motifs is 2. The summed E-state index contributed by atoms with van der Waals surface area (Å²) >= 11 is 6.12. The third-order valence-corrected chi connectivity index (χ3v) is 5.66. The van der Waals surface area contributed by atoms with E-state index in [1.807, 2.05) is 0 Å². The van der Waals surface area contributed by atoms with Gasteiger partial charge >= 0.3 is 0 Å². The van der Waals surface area contributed by atoms with Gasteiger partial charge in [-0.05, 0) is 42.7 Å². The fourth-order valence-corrected chi connectivity index (χ4v) is 4.26. The van der Waals surface area contributed by atoms with Gasteiger partial charge in [0, 0.05) is 36.8 Å². The molecule has 1 aromatic carbocycles. The van der Waals surface area contributed by atoms with E-state index in [0.717, 1.165) is 19.3 Å². The van der Waals surface area contributed by atoms with Crippen molar-refractivity contribution in [2.45, 2.75) is 31.8 Å². The van der Waals surface area contributed by atoms with Gasteiger partial charge in [0.15, 0.2) is 0 Å². The van der Waals surface area contributed by atoms with Crippen LogP contribution in [-0.2, 0) is 11.3 Å². The van der Waals surface area contributed by atoms with E-state index >= 15 is 0 Å². The SMILES string of the molecule is CN(Cc1cc([N+](=O)[O-])ccc1Cl)C(=O)C1C2CCC(C2)C1N. The van der Waals surface area contributed by atoms with Crippen molar-refractivity contribution in [3.63, 3.8) is 0 Å². The van der Waals surface area contributed by atoms with Gasteiger partial charge in [-0.2, -0.15) is 0 Å². The number of non-ortho nitro benzene ring substituents is 1. The van der Waals surface area contributed by atoms with Crippen molar-refractivity contribution in [1.29, 1.82) is 0 Å². The van der Waals surface area contributed by atoms with E-state index < -0.39 is 4.92 Å². The minimum absolute atomic E-state index is 0.0206. The number of halogens is 1. The molecule has 0 saturated heterocycles. The second-order valence-corrected chi connectivity index (χ2v) is 7.07. The number of hydrogen-bond donors (Lipinski definition) is 1. The first-order valence-corrected chi connectivity index (χ1v) is 8.19. The highest BCUT2D eigenvalue weighted by Gasteiger charge is 2.49. The molecule has 2 saturated carbocycles. The maximum atomic E-state index is 12.7. The van der Waals surface area contributed by atoms with Crippen molar-refractivity contribution in [2.24, 2.45) is 23.5 Å². The van der Waals surface area contributed by atoms with E-state index in [-0.39, 0.29) is 30.1 Å². The predicted octanol–water partition coefficient (Wildman–Crippen LogP) is 2.58. The molecular weight excluding hydrogens is 318 g/mol. The van der Waals surface area contributed by atoms with E-state index in [1.54, 1.807) is 11.9 Å². The van der Waals surface area contributed by atoms with Crippen molar-refractivity contribution in [1.82, 2.24) is 4.90 Å². The Bertz CT molecular complexity index is 649. The minimum Gasteiger partial charge on any atom is -0.341 e. The number of hydrogen-bond acceptors (Lipinski definition) is 4. The Kier molecular flexibility index (Phi) is 4.29. The molecule has 2 bridgehead atoms. The normalized spacial score (nSPS) is 28.8. The zero-order valence-electron chi connectivity index (χ0n) is 12.9. The van der Waals surface area contributed by atoms with Crippen molar-refractivity contribution >= 4 is 23.2 Å². The topological polar surface area (TPSA) is 89.5 Å². The lowest BCUT2D eigenvalue weighted by atomic mass is 9.84. The predicted molar refractivity (Wildman–Crippen MR) is 86.9 cm³/mol. The molecule has 23 heavy (non-hydrogen) atoms. The molecule has 1 amide bonds. The molecule has 0 aromatic heterocycles. The number of nitro groups is 1. The maximum absolute atomic E-state index is 12.7. The van der Waals surface area contributed by atoms with Crippen molar-refractivity contribution in [3.8, 4) is 0 Å². The molecule has 4 unspecified atom stereocenters. The fourth-order valence-electron chi connectivity index (χ4n) is 4.09. The molecule has 0 aliphatic heterocycles. The lowest BCUT2D eigenvalue weighted by Crippen LogP contribution is -2.45. The second-order valence-electron chi connectivity index (χ2n) is 6.66. The smallest absolute Gasteiger partial charge is 0.269 e. The van der Waals surface area contributed by atoms with E-state index in [0.29, 0.717) is 22.4 Å². The lowest BCUT2D eigenvalue weighted by molar-refractivity contribution is -0.384. The molecule has 3 rings (SSSR count). The monoisotopic (exact) mass is 337 g/mol. The van der Waals surface area contributed by atoms with Gasteiger partial charge in [-0.25, -0.2) is 0 Å². The number of amides is 1. The van der Waals surface area contributed by atoms with Gasteiger partial charge in [-0.1, -0.05) is 11.6 Å². The number of rotatable bonds is 4. The molecule has 2 N–H and O–H groups in total. The Morgan fingerprint density at radius 2 is 2.13 bits per heavy atom. The molecule has 0 heterocycles. The summed E-state index contributed by atoms with van der Waals surface area (Å²) in [6, 6.07) is 4.22. The first-order chi connectivity index (χ1) is 10.9.